The third-order valence-electron chi connectivity index (χ3n) is 2.68. The number of nitrogens with one attached hydrogen (secondary N) is 2. The molecule has 1 aromatic heterocycles. The number of halogens is 1. The first-order chi connectivity index (χ1) is 9.60. The maximum atomic E-state index is 13.0. The second-order valence-corrected chi connectivity index (χ2v) is 4.23. The summed E-state index contributed by atoms with van der Waals surface area (Å²) in [7, 11) is 0. The fourth-order valence-electron chi connectivity index (χ4n) is 1.67. The van der Waals surface area contributed by atoms with E-state index in [0.717, 1.165) is 6.54 Å². The average Bonchev–Trinajstić information content (AvgIpc) is 2.43. The van der Waals surface area contributed by atoms with Gasteiger partial charge in [0.1, 0.15) is 17.3 Å². The molecule has 0 aliphatic heterocycles. The Hall–Kier alpha value is -2.50. The minimum absolute atomic E-state index is 0.204. The summed E-state index contributed by atoms with van der Waals surface area (Å²) in [5.41, 5.74) is 1.40. The normalized spacial score (nSPS) is 10.2. The molecule has 0 aliphatic rings. The minimum Gasteiger partial charge on any atom is -0.369 e. The summed E-state index contributed by atoms with van der Waals surface area (Å²) in [6.45, 7) is 4.40. The van der Waals surface area contributed by atoms with Crippen molar-refractivity contribution in [1.29, 1.82) is 0 Å². The number of benzene rings is 1. The number of hydrogen-bond acceptors (Lipinski definition) is 4. The Bertz CT molecular complexity index is 613. The molecule has 2 rings (SSSR count). The number of amides is 1. The third-order valence-corrected chi connectivity index (χ3v) is 2.68. The van der Waals surface area contributed by atoms with Gasteiger partial charge in [-0.3, -0.25) is 4.79 Å². The molecule has 2 aromatic rings. The van der Waals surface area contributed by atoms with Crippen molar-refractivity contribution in [2.24, 2.45) is 0 Å². The maximum absolute atomic E-state index is 13.0. The highest BCUT2D eigenvalue weighted by molar-refractivity contribution is 6.03. The quantitative estimate of drug-likeness (QED) is 0.899. The molecule has 1 heterocycles. The van der Waals surface area contributed by atoms with Gasteiger partial charge >= 0.3 is 0 Å². The van der Waals surface area contributed by atoms with Gasteiger partial charge in [-0.2, -0.15) is 0 Å². The molecule has 6 heteroatoms. The van der Waals surface area contributed by atoms with E-state index in [1.807, 2.05) is 6.92 Å². The summed E-state index contributed by atoms with van der Waals surface area (Å²) in [6.07, 6.45) is 2.89. The molecule has 0 fully saturated rings. The summed E-state index contributed by atoms with van der Waals surface area (Å²) >= 11 is 0. The van der Waals surface area contributed by atoms with Gasteiger partial charge in [-0.15, -0.1) is 0 Å². The zero-order chi connectivity index (χ0) is 14.5. The molecule has 0 saturated heterocycles. The van der Waals surface area contributed by atoms with Crippen LogP contribution in [0.5, 0.6) is 0 Å². The van der Waals surface area contributed by atoms with Crippen molar-refractivity contribution in [3.8, 4) is 0 Å². The Labute approximate surface area is 116 Å². The number of aromatic nitrogens is 2. The number of carbonyl (C=O) groups is 1. The van der Waals surface area contributed by atoms with E-state index in [1.54, 1.807) is 6.92 Å². The van der Waals surface area contributed by atoms with Crippen molar-refractivity contribution in [1.82, 2.24) is 9.97 Å². The second kappa shape index (κ2) is 6.10. The Morgan fingerprint density at radius 3 is 2.70 bits per heavy atom. The highest BCUT2D eigenvalue weighted by Crippen LogP contribution is 2.16. The van der Waals surface area contributed by atoms with Crippen LogP contribution in [0.25, 0.3) is 0 Å². The Morgan fingerprint density at radius 1 is 1.30 bits per heavy atom. The van der Waals surface area contributed by atoms with E-state index in [-0.39, 0.29) is 17.4 Å². The number of anilines is 2. The highest BCUT2D eigenvalue weighted by Gasteiger charge is 2.10. The zero-order valence-corrected chi connectivity index (χ0v) is 11.3. The van der Waals surface area contributed by atoms with Crippen LogP contribution in [0.3, 0.4) is 0 Å². The number of nitrogens with zero attached hydrogens (tertiary/aromatic N) is 2. The van der Waals surface area contributed by atoms with E-state index >= 15 is 0 Å². The molecule has 0 spiro atoms. The van der Waals surface area contributed by atoms with Gasteiger partial charge in [0.05, 0.1) is 12.4 Å². The monoisotopic (exact) mass is 274 g/mol. The summed E-state index contributed by atoms with van der Waals surface area (Å²) in [4.78, 5) is 20.1. The van der Waals surface area contributed by atoms with E-state index in [2.05, 4.69) is 20.6 Å². The van der Waals surface area contributed by atoms with E-state index in [9.17, 15) is 9.18 Å². The second-order valence-electron chi connectivity index (χ2n) is 4.23. The molecule has 1 amide bonds. The van der Waals surface area contributed by atoms with Crippen molar-refractivity contribution in [2.45, 2.75) is 13.8 Å². The lowest BCUT2D eigenvalue weighted by atomic mass is 10.2. The van der Waals surface area contributed by atoms with Crippen molar-refractivity contribution in [2.75, 3.05) is 17.2 Å². The van der Waals surface area contributed by atoms with Gasteiger partial charge in [0, 0.05) is 12.2 Å². The molecule has 0 unspecified atom stereocenters. The van der Waals surface area contributed by atoms with Gasteiger partial charge < -0.3 is 10.6 Å². The van der Waals surface area contributed by atoms with Crippen LogP contribution < -0.4 is 10.6 Å². The third kappa shape index (κ3) is 3.28. The lowest BCUT2D eigenvalue weighted by Gasteiger charge is -2.08. The number of hydrogen-bond donors (Lipinski definition) is 2. The largest absolute Gasteiger partial charge is 0.369 e. The molecular weight excluding hydrogens is 259 g/mol. The summed E-state index contributed by atoms with van der Waals surface area (Å²) < 4.78 is 13.0. The SMILES string of the molecule is CCNc1cnc(C(=O)Nc2ccc(F)cc2C)cn1. The fraction of sp³-hybridized carbons (Fsp3) is 0.214. The van der Waals surface area contributed by atoms with Crippen LogP contribution in [-0.2, 0) is 0 Å². The Balaban J connectivity index is 2.11. The molecule has 20 heavy (non-hydrogen) atoms. The Kier molecular flexibility index (Phi) is 4.24. The number of carbonyl (C=O) groups excluding carboxylic acids is 1. The smallest absolute Gasteiger partial charge is 0.275 e. The fourth-order valence-corrected chi connectivity index (χ4v) is 1.67. The van der Waals surface area contributed by atoms with Crippen LogP contribution in [-0.4, -0.2) is 22.4 Å². The standard InChI is InChI=1S/C14H15FN4O/c1-3-16-13-8-17-12(7-18-13)14(20)19-11-5-4-10(15)6-9(11)2/h4-8H,3H2,1-2H3,(H,16,18)(H,19,20). The van der Waals surface area contributed by atoms with Crippen LogP contribution in [0.2, 0.25) is 0 Å². The molecule has 0 radical (unpaired) electrons. The molecule has 2 N–H and O–H groups in total. The molecular formula is C14H15FN4O. The predicted molar refractivity (Wildman–Crippen MR) is 75.3 cm³/mol. The minimum atomic E-state index is -0.379. The van der Waals surface area contributed by atoms with E-state index in [0.29, 0.717) is 17.1 Å². The van der Waals surface area contributed by atoms with Crippen molar-refractivity contribution in [3.05, 3.63) is 47.7 Å². The topological polar surface area (TPSA) is 66.9 Å². The van der Waals surface area contributed by atoms with Crippen LogP contribution >= 0.6 is 0 Å². The van der Waals surface area contributed by atoms with Crippen molar-refractivity contribution < 1.29 is 9.18 Å². The molecule has 0 aliphatic carbocycles. The van der Waals surface area contributed by atoms with E-state index in [1.165, 1.54) is 30.6 Å². The molecule has 0 saturated carbocycles. The van der Waals surface area contributed by atoms with Crippen LogP contribution in [0.15, 0.2) is 30.6 Å². The van der Waals surface area contributed by atoms with E-state index < -0.39 is 0 Å². The Morgan fingerprint density at radius 2 is 2.10 bits per heavy atom. The van der Waals surface area contributed by atoms with Gasteiger partial charge in [0.25, 0.3) is 5.91 Å². The van der Waals surface area contributed by atoms with Crippen LogP contribution in [0.1, 0.15) is 23.0 Å². The summed E-state index contributed by atoms with van der Waals surface area (Å²) in [5.74, 6) is -0.104. The molecule has 1 aromatic carbocycles. The molecule has 5 nitrogen and oxygen atoms in total. The average molecular weight is 274 g/mol. The lowest BCUT2D eigenvalue weighted by molar-refractivity contribution is 0.102. The molecule has 0 atom stereocenters. The van der Waals surface area contributed by atoms with Crippen molar-refractivity contribution in [3.63, 3.8) is 0 Å². The lowest BCUT2D eigenvalue weighted by Crippen LogP contribution is -2.15. The van der Waals surface area contributed by atoms with Gasteiger partial charge in [0.15, 0.2) is 0 Å². The first kappa shape index (κ1) is 13.9. The number of rotatable bonds is 4. The zero-order valence-electron chi connectivity index (χ0n) is 11.3. The summed E-state index contributed by atoms with van der Waals surface area (Å²) in [6, 6.07) is 4.17. The maximum Gasteiger partial charge on any atom is 0.275 e. The van der Waals surface area contributed by atoms with Crippen LogP contribution in [0.4, 0.5) is 15.9 Å². The molecule has 0 bridgehead atoms. The van der Waals surface area contributed by atoms with Gasteiger partial charge in [0.2, 0.25) is 0 Å². The van der Waals surface area contributed by atoms with Crippen LogP contribution in [0, 0.1) is 12.7 Å². The van der Waals surface area contributed by atoms with Gasteiger partial charge in [-0.1, -0.05) is 0 Å². The first-order valence-electron chi connectivity index (χ1n) is 6.23. The molecule has 104 valence electrons. The van der Waals surface area contributed by atoms with Gasteiger partial charge in [-0.05, 0) is 37.6 Å². The number of aryl methyl sites for hydroxylation is 1. The summed E-state index contributed by atoms with van der Waals surface area (Å²) in [5, 5.41) is 5.67. The first-order valence-corrected chi connectivity index (χ1v) is 6.23. The van der Waals surface area contributed by atoms with Gasteiger partial charge in [-0.25, -0.2) is 14.4 Å². The predicted octanol–water partition coefficient (Wildman–Crippen LogP) is 2.61. The van der Waals surface area contributed by atoms with E-state index in [4.69, 9.17) is 0 Å². The van der Waals surface area contributed by atoms with Crippen molar-refractivity contribution >= 4 is 17.4 Å². The highest BCUT2D eigenvalue weighted by atomic mass is 19.1.